The van der Waals surface area contributed by atoms with Gasteiger partial charge in [-0.2, -0.15) is 0 Å². The number of aliphatic hydroxyl groups is 4. The number of rotatable bonds is 5. The van der Waals surface area contributed by atoms with Gasteiger partial charge in [0.15, 0.2) is 6.10 Å². The maximum Gasteiger partial charge on any atom is 0.375 e. The number of hydrogen-bond acceptors (Lipinski definition) is 6. The number of hydrogen-bond donors (Lipinski definition) is 5. The Bertz CT molecular complexity index is 201. The number of aliphatic hydroxyl groups excluding tert-OH is 4. The van der Waals surface area contributed by atoms with Crippen molar-refractivity contribution in [3.05, 3.63) is 0 Å². The van der Waals surface area contributed by atoms with Gasteiger partial charge in [0.05, 0.1) is 6.61 Å². The van der Waals surface area contributed by atoms with Crippen LogP contribution in [0.5, 0.6) is 0 Å². The van der Waals surface area contributed by atoms with Gasteiger partial charge < -0.3 is 25.5 Å². The highest BCUT2D eigenvalue weighted by molar-refractivity contribution is 6.34. The molecule has 0 aromatic rings. The highest BCUT2D eigenvalue weighted by atomic mass is 16.4. The molecule has 0 unspecified atom stereocenters. The molecule has 0 aliphatic heterocycles. The van der Waals surface area contributed by atoms with Crippen LogP contribution in [-0.2, 0) is 9.59 Å². The molecule has 3 atom stereocenters. The predicted molar refractivity (Wildman–Crippen MR) is 37.7 cm³/mol. The minimum absolute atomic E-state index is 0.884. The van der Waals surface area contributed by atoms with Crippen LogP contribution >= 0.6 is 0 Å². The molecule has 0 aromatic heterocycles. The van der Waals surface area contributed by atoms with Crippen LogP contribution in [0.1, 0.15) is 0 Å². The van der Waals surface area contributed by atoms with Crippen LogP contribution < -0.4 is 0 Å². The molecule has 0 amide bonds. The van der Waals surface area contributed by atoms with Gasteiger partial charge in [-0.05, 0) is 0 Å². The Labute approximate surface area is 72.9 Å². The number of carboxylic acid groups (broad SMARTS) is 1. The lowest BCUT2D eigenvalue weighted by molar-refractivity contribution is -0.159. The third-order valence-corrected chi connectivity index (χ3v) is 1.38. The summed E-state index contributed by atoms with van der Waals surface area (Å²) in [5.74, 6) is -3.56. The molecule has 0 rings (SSSR count). The van der Waals surface area contributed by atoms with Crippen LogP contribution in [0, 0.1) is 0 Å². The molecule has 0 saturated heterocycles. The monoisotopic (exact) mass is 194 g/mol. The molecule has 0 spiro atoms. The van der Waals surface area contributed by atoms with Crippen LogP contribution in [0.15, 0.2) is 0 Å². The minimum atomic E-state index is -2.24. The van der Waals surface area contributed by atoms with Crippen molar-refractivity contribution < 1.29 is 35.1 Å². The molecule has 0 bridgehead atoms. The third-order valence-electron chi connectivity index (χ3n) is 1.38. The predicted octanol–water partition coefficient (Wildman–Crippen LogP) is -3.28. The summed E-state index contributed by atoms with van der Waals surface area (Å²) in [7, 11) is 0. The standard InChI is InChI=1S/C6H10O7/c7-1-2(8)3(9)4(10)5(11)6(12)13/h2-4,7-10H,1H2,(H,12,13)/t2-,3+,4+/m0/s1. The second-order valence-corrected chi connectivity index (χ2v) is 2.35. The molecule has 13 heavy (non-hydrogen) atoms. The normalized spacial score (nSPS) is 17.5. The maximum absolute atomic E-state index is 10.5. The Kier molecular flexibility index (Phi) is 4.49. The first-order valence-corrected chi connectivity index (χ1v) is 3.34. The van der Waals surface area contributed by atoms with Gasteiger partial charge in [0.2, 0.25) is 0 Å². The number of carboxylic acids is 1. The van der Waals surface area contributed by atoms with Gasteiger partial charge in [-0.25, -0.2) is 4.79 Å². The summed E-state index contributed by atoms with van der Waals surface area (Å²) in [4.78, 5) is 20.5. The molecule has 0 radical (unpaired) electrons. The van der Waals surface area contributed by atoms with E-state index < -0.39 is 36.7 Å². The van der Waals surface area contributed by atoms with E-state index in [0.29, 0.717) is 0 Å². The molecule has 0 saturated carbocycles. The van der Waals surface area contributed by atoms with E-state index in [0.717, 1.165) is 0 Å². The van der Waals surface area contributed by atoms with Crippen LogP contribution in [0.25, 0.3) is 0 Å². The summed E-state index contributed by atoms with van der Waals surface area (Å²) in [6.45, 7) is -0.884. The topological polar surface area (TPSA) is 135 Å². The Morgan fingerprint density at radius 3 is 1.92 bits per heavy atom. The quantitative estimate of drug-likeness (QED) is 0.289. The van der Waals surface area contributed by atoms with Crippen LogP contribution in [0.4, 0.5) is 0 Å². The van der Waals surface area contributed by atoms with Crippen LogP contribution in [-0.4, -0.2) is 62.2 Å². The lowest BCUT2D eigenvalue weighted by atomic mass is 10.1. The molecule has 7 nitrogen and oxygen atoms in total. The molecule has 0 fully saturated rings. The van der Waals surface area contributed by atoms with Crippen molar-refractivity contribution >= 4 is 11.8 Å². The van der Waals surface area contributed by atoms with Gasteiger partial charge in [-0.1, -0.05) is 0 Å². The van der Waals surface area contributed by atoms with E-state index in [1.807, 2.05) is 0 Å². The fourth-order valence-electron chi connectivity index (χ4n) is 0.600. The highest BCUT2D eigenvalue weighted by Crippen LogP contribution is 2.01. The molecule has 7 heteroatoms. The van der Waals surface area contributed by atoms with E-state index in [-0.39, 0.29) is 0 Å². The molecule has 0 aliphatic carbocycles. The van der Waals surface area contributed by atoms with E-state index in [4.69, 9.17) is 25.5 Å². The Balaban J connectivity index is 4.33. The summed E-state index contributed by atoms with van der Waals surface area (Å²) in [6.07, 6.45) is -5.99. The Morgan fingerprint density at radius 1 is 1.15 bits per heavy atom. The van der Waals surface area contributed by atoms with Crippen LogP contribution in [0.3, 0.4) is 0 Å². The number of ketones is 1. The molecule has 0 heterocycles. The van der Waals surface area contributed by atoms with E-state index >= 15 is 0 Å². The van der Waals surface area contributed by atoms with Crippen molar-refractivity contribution in [1.29, 1.82) is 0 Å². The zero-order valence-electron chi connectivity index (χ0n) is 6.49. The Hall–Kier alpha value is -1.02. The van der Waals surface area contributed by atoms with E-state index in [9.17, 15) is 9.59 Å². The second kappa shape index (κ2) is 4.87. The summed E-state index contributed by atoms with van der Waals surface area (Å²) in [6, 6.07) is 0. The SMILES string of the molecule is O=C(O)C(=O)[C@H](O)[C@H](O)[C@@H](O)CO. The smallest absolute Gasteiger partial charge is 0.375 e. The maximum atomic E-state index is 10.5. The molecule has 76 valence electrons. The van der Waals surface area contributed by atoms with Gasteiger partial charge in [0.1, 0.15) is 12.2 Å². The van der Waals surface area contributed by atoms with Gasteiger partial charge in [0.25, 0.3) is 5.78 Å². The summed E-state index contributed by atoms with van der Waals surface area (Å²) >= 11 is 0. The number of carbonyl (C=O) groups is 2. The number of Topliss-reactive ketones (excluding diaryl/α,β-unsaturated/α-hetero) is 1. The van der Waals surface area contributed by atoms with Crippen molar-refractivity contribution in [2.75, 3.05) is 6.61 Å². The van der Waals surface area contributed by atoms with E-state index in [1.54, 1.807) is 0 Å². The number of aliphatic carboxylic acids is 1. The van der Waals surface area contributed by atoms with Crippen molar-refractivity contribution in [2.45, 2.75) is 18.3 Å². The fraction of sp³-hybridized carbons (Fsp3) is 0.667. The van der Waals surface area contributed by atoms with Crippen molar-refractivity contribution in [1.82, 2.24) is 0 Å². The average molecular weight is 194 g/mol. The van der Waals surface area contributed by atoms with Gasteiger partial charge >= 0.3 is 5.97 Å². The Morgan fingerprint density at radius 2 is 1.62 bits per heavy atom. The first-order chi connectivity index (χ1) is 5.91. The van der Waals surface area contributed by atoms with Gasteiger partial charge in [-0.3, -0.25) is 4.79 Å². The minimum Gasteiger partial charge on any atom is -0.475 e. The van der Waals surface area contributed by atoms with Crippen molar-refractivity contribution in [2.24, 2.45) is 0 Å². The number of carbonyl (C=O) groups excluding carboxylic acids is 1. The second-order valence-electron chi connectivity index (χ2n) is 2.35. The molecule has 5 N–H and O–H groups in total. The lowest BCUT2D eigenvalue weighted by Crippen LogP contribution is -2.46. The molecular weight excluding hydrogens is 184 g/mol. The molecule has 0 aromatic carbocycles. The van der Waals surface area contributed by atoms with E-state index in [1.165, 1.54) is 0 Å². The van der Waals surface area contributed by atoms with Crippen molar-refractivity contribution in [3.63, 3.8) is 0 Å². The summed E-state index contributed by atoms with van der Waals surface area (Å²) in [5, 5.41) is 42.8. The average Bonchev–Trinajstić information content (AvgIpc) is 2.12. The molecule has 0 aliphatic rings. The van der Waals surface area contributed by atoms with Gasteiger partial charge in [0, 0.05) is 0 Å². The molecular formula is C6H10O7. The largest absolute Gasteiger partial charge is 0.475 e. The summed E-state index contributed by atoms with van der Waals surface area (Å²) in [5.41, 5.74) is 0. The highest BCUT2D eigenvalue weighted by Gasteiger charge is 2.33. The fourth-order valence-corrected chi connectivity index (χ4v) is 0.600. The zero-order valence-corrected chi connectivity index (χ0v) is 6.49. The zero-order chi connectivity index (χ0) is 10.6. The van der Waals surface area contributed by atoms with E-state index in [2.05, 4.69) is 0 Å². The first-order valence-electron chi connectivity index (χ1n) is 3.34. The first kappa shape index (κ1) is 12.0. The van der Waals surface area contributed by atoms with Crippen molar-refractivity contribution in [3.8, 4) is 0 Å². The van der Waals surface area contributed by atoms with Gasteiger partial charge in [-0.15, -0.1) is 0 Å². The third kappa shape index (κ3) is 3.07. The summed E-state index contributed by atoms with van der Waals surface area (Å²) < 4.78 is 0. The lowest BCUT2D eigenvalue weighted by Gasteiger charge is -2.18. The van der Waals surface area contributed by atoms with Crippen LogP contribution in [0.2, 0.25) is 0 Å².